The molecule has 2 aromatic rings. The summed E-state index contributed by atoms with van der Waals surface area (Å²) < 4.78 is 38.2. The lowest BCUT2D eigenvalue weighted by atomic mass is 10.2. The Kier molecular flexibility index (Phi) is 4.04. The van der Waals surface area contributed by atoms with Gasteiger partial charge in [-0.2, -0.15) is 0 Å². The first-order chi connectivity index (χ1) is 9.79. The largest absolute Gasteiger partial charge is 0.478 e. The van der Waals surface area contributed by atoms with Gasteiger partial charge in [-0.1, -0.05) is 6.07 Å². The highest BCUT2D eigenvalue weighted by atomic mass is 32.2. The van der Waals surface area contributed by atoms with Gasteiger partial charge >= 0.3 is 5.97 Å². The molecule has 21 heavy (non-hydrogen) atoms. The van der Waals surface area contributed by atoms with E-state index in [1.165, 1.54) is 6.20 Å². The molecule has 0 aliphatic carbocycles. The highest BCUT2D eigenvalue weighted by Crippen LogP contribution is 2.21. The molecule has 5 nitrogen and oxygen atoms in total. The number of nitrogens with zero attached hydrogens (tertiary/aromatic N) is 1. The minimum Gasteiger partial charge on any atom is -0.478 e. The first-order valence-electron chi connectivity index (χ1n) is 5.96. The van der Waals surface area contributed by atoms with Crippen molar-refractivity contribution < 1.29 is 22.7 Å². The molecule has 1 aromatic carbocycles. The van der Waals surface area contributed by atoms with E-state index in [0.717, 1.165) is 23.8 Å². The van der Waals surface area contributed by atoms with Crippen molar-refractivity contribution in [3.05, 3.63) is 59.2 Å². The lowest BCUT2D eigenvalue weighted by Gasteiger charge is -2.07. The second-order valence-corrected chi connectivity index (χ2v) is 6.54. The number of aromatic nitrogens is 1. The van der Waals surface area contributed by atoms with Gasteiger partial charge < -0.3 is 5.11 Å². The van der Waals surface area contributed by atoms with Crippen molar-refractivity contribution in [2.24, 2.45) is 0 Å². The van der Waals surface area contributed by atoms with Crippen LogP contribution in [-0.4, -0.2) is 24.5 Å². The number of halogens is 1. The number of benzene rings is 1. The second-order valence-electron chi connectivity index (χ2n) is 4.58. The lowest BCUT2D eigenvalue weighted by molar-refractivity contribution is 0.0696. The number of aryl methyl sites for hydroxylation is 1. The van der Waals surface area contributed by atoms with E-state index in [1.807, 2.05) is 0 Å². The van der Waals surface area contributed by atoms with Gasteiger partial charge in [-0.15, -0.1) is 0 Å². The molecule has 0 aliphatic rings. The number of hydrogen-bond donors (Lipinski definition) is 1. The smallest absolute Gasteiger partial charge is 0.335 e. The molecule has 7 heteroatoms. The molecule has 0 saturated carbocycles. The molecule has 1 aromatic heterocycles. The third kappa shape index (κ3) is 3.43. The van der Waals surface area contributed by atoms with Crippen molar-refractivity contribution in [1.82, 2.24) is 4.98 Å². The summed E-state index contributed by atoms with van der Waals surface area (Å²) >= 11 is 0. The zero-order valence-electron chi connectivity index (χ0n) is 11.1. The summed E-state index contributed by atoms with van der Waals surface area (Å²) in [5, 5.41) is 8.86. The summed E-state index contributed by atoms with van der Waals surface area (Å²) in [6.45, 7) is 1.76. The molecule has 0 spiro atoms. The fraction of sp³-hybridized carbons (Fsp3) is 0.143. The third-order valence-corrected chi connectivity index (χ3v) is 4.50. The van der Waals surface area contributed by atoms with E-state index >= 15 is 0 Å². The van der Waals surface area contributed by atoms with E-state index in [4.69, 9.17) is 5.11 Å². The summed E-state index contributed by atoms with van der Waals surface area (Å²) in [6, 6.07) is 4.31. The molecule has 1 N–H and O–H groups in total. The Morgan fingerprint density at radius 2 is 2.00 bits per heavy atom. The SMILES string of the molecule is Cc1cncc(CS(=O)(=O)c2cc(C(=O)O)ccc2F)c1. The van der Waals surface area contributed by atoms with Crippen LogP contribution in [0.5, 0.6) is 0 Å². The zero-order chi connectivity index (χ0) is 15.6. The maximum Gasteiger partial charge on any atom is 0.335 e. The summed E-state index contributed by atoms with van der Waals surface area (Å²) in [5.41, 5.74) is 0.912. The van der Waals surface area contributed by atoms with Crippen LogP contribution in [-0.2, 0) is 15.6 Å². The molecule has 0 atom stereocenters. The van der Waals surface area contributed by atoms with Crippen LogP contribution < -0.4 is 0 Å². The Labute approximate surface area is 121 Å². The standard InChI is InChI=1S/C14H12FNO4S/c1-9-4-10(7-16-6-9)8-21(19,20)13-5-11(14(17)18)2-3-12(13)15/h2-7H,8H2,1H3,(H,17,18). The van der Waals surface area contributed by atoms with Crippen LogP contribution >= 0.6 is 0 Å². The topological polar surface area (TPSA) is 84.3 Å². The first-order valence-corrected chi connectivity index (χ1v) is 7.61. The number of carboxylic acids is 1. The van der Waals surface area contributed by atoms with Crippen molar-refractivity contribution >= 4 is 15.8 Å². The molecule has 0 fully saturated rings. The highest BCUT2D eigenvalue weighted by molar-refractivity contribution is 7.90. The molecule has 0 unspecified atom stereocenters. The van der Waals surface area contributed by atoms with E-state index in [-0.39, 0.29) is 5.56 Å². The number of pyridine rings is 1. The van der Waals surface area contributed by atoms with Gasteiger partial charge in [0, 0.05) is 12.4 Å². The van der Waals surface area contributed by atoms with Gasteiger partial charge in [0.1, 0.15) is 10.7 Å². The minimum atomic E-state index is -4.00. The summed E-state index contributed by atoms with van der Waals surface area (Å²) in [6.07, 6.45) is 2.95. The van der Waals surface area contributed by atoms with Crippen molar-refractivity contribution in [2.75, 3.05) is 0 Å². The predicted octanol–water partition coefficient (Wildman–Crippen LogP) is 2.20. The minimum absolute atomic E-state index is 0.280. The third-order valence-electron chi connectivity index (χ3n) is 2.80. The van der Waals surface area contributed by atoms with Gasteiger partial charge in [-0.3, -0.25) is 4.98 Å². The zero-order valence-corrected chi connectivity index (χ0v) is 11.9. The van der Waals surface area contributed by atoms with Gasteiger partial charge in [-0.25, -0.2) is 17.6 Å². The van der Waals surface area contributed by atoms with Gasteiger partial charge in [0.05, 0.1) is 11.3 Å². The Balaban J connectivity index is 2.44. The van der Waals surface area contributed by atoms with Gasteiger partial charge in [0.2, 0.25) is 0 Å². The van der Waals surface area contributed by atoms with Gasteiger partial charge in [-0.05, 0) is 36.2 Å². The Morgan fingerprint density at radius 1 is 1.29 bits per heavy atom. The second kappa shape index (κ2) is 5.61. The van der Waals surface area contributed by atoms with E-state index in [1.54, 1.807) is 19.2 Å². The van der Waals surface area contributed by atoms with E-state index < -0.39 is 32.3 Å². The summed E-state index contributed by atoms with van der Waals surface area (Å²) in [5.74, 6) is -2.73. The number of carboxylic acid groups (broad SMARTS) is 1. The number of sulfone groups is 1. The summed E-state index contributed by atoms with van der Waals surface area (Å²) in [7, 11) is -4.00. The average molecular weight is 309 g/mol. The Hall–Kier alpha value is -2.28. The first kappa shape index (κ1) is 15.1. The van der Waals surface area contributed by atoms with E-state index in [2.05, 4.69) is 4.98 Å². The number of carbonyl (C=O) groups is 1. The lowest BCUT2D eigenvalue weighted by Crippen LogP contribution is -2.09. The molecule has 0 saturated heterocycles. The van der Waals surface area contributed by atoms with Crippen molar-refractivity contribution in [2.45, 2.75) is 17.6 Å². The molecule has 0 amide bonds. The average Bonchev–Trinajstić information content (AvgIpc) is 2.38. The van der Waals surface area contributed by atoms with Crippen molar-refractivity contribution in [3.63, 3.8) is 0 Å². The Bertz CT molecular complexity index is 802. The monoisotopic (exact) mass is 309 g/mol. The quantitative estimate of drug-likeness (QED) is 0.936. The fourth-order valence-electron chi connectivity index (χ4n) is 1.87. The van der Waals surface area contributed by atoms with Crippen LogP contribution in [0.2, 0.25) is 0 Å². The molecular weight excluding hydrogens is 297 g/mol. The number of hydrogen-bond acceptors (Lipinski definition) is 4. The molecule has 0 bridgehead atoms. The number of aromatic carboxylic acids is 1. The van der Waals surface area contributed by atoms with Crippen LogP contribution in [0, 0.1) is 12.7 Å². The van der Waals surface area contributed by atoms with Crippen LogP contribution in [0.3, 0.4) is 0 Å². The molecular formula is C14H12FNO4S. The molecule has 1 heterocycles. The van der Waals surface area contributed by atoms with Crippen LogP contribution in [0.4, 0.5) is 4.39 Å². The molecule has 0 aliphatic heterocycles. The van der Waals surface area contributed by atoms with Crippen LogP contribution in [0.25, 0.3) is 0 Å². The Morgan fingerprint density at radius 3 is 2.62 bits per heavy atom. The number of rotatable bonds is 4. The normalized spacial score (nSPS) is 11.3. The van der Waals surface area contributed by atoms with Crippen LogP contribution in [0.15, 0.2) is 41.6 Å². The van der Waals surface area contributed by atoms with Gasteiger partial charge in [0.25, 0.3) is 0 Å². The maximum atomic E-state index is 13.7. The van der Waals surface area contributed by atoms with Crippen molar-refractivity contribution in [3.8, 4) is 0 Å². The molecule has 0 radical (unpaired) electrons. The van der Waals surface area contributed by atoms with E-state index in [0.29, 0.717) is 5.56 Å². The maximum absolute atomic E-state index is 13.7. The molecule has 110 valence electrons. The summed E-state index contributed by atoms with van der Waals surface area (Å²) in [4.78, 5) is 14.1. The van der Waals surface area contributed by atoms with Crippen LogP contribution in [0.1, 0.15) is 21.5 Å². The molecule has 2 rings (SSSR count). The van der Waals surface area contributed by atoms with E-state index in [9.17, 15) is 17.6 Å². The fourth-order valence-corrected chi connectivity index (χ4v) is 3.29. The highest BCUT2D eigenvalue weighted by Gasteiger charge is 2.22. The van der Waals surface area contributed by atoms with Crippen molar-refractivity contribution in [1.29, 1.82) is 0 Å². The van der Waals surface area contributed by atoms with Gasteiger partial charge in [0.15, 0.2) is 9.84 Å². The predicted molar refractivity (Wildman–Crippen MR) is 73.2 cm³/mol.